The molecule has 1 amide bonds. The lowest BCUT2D eigenvalue weighted by atomic mass is 10.2. The molecule has 0 aliphatic carbocycles. The SMILES string of the molecule is CCOC(=O)CN(CCCCOCCCCN=[N+]=[N-])C(=O)OC(C)(C)C. The van der Waals surface area contributed by atoms with Crippen LogP contribution in [0.3, 0.4) is 0 Å². The van der Waals surface area contributed by atoms with E-state index >= 15 is 0 Å². The quantitative estimate of drug-likeness (QED) is 0.161. The third-order valence-electron chi connectivity index (χ3n) is 3.10. The van der Waals surface area contributed by atoms with Gasteiger partial charge in [0.25, 0.3) is 0 Å². The van der Waals surface area contributed by atoms with Crippen LogP contribution in [0.15, 0.2) is 5.11 Å². The number of ether oxygens (including phenoxy) is 3. The second-order valence-electron chi connectivity index (χ2n) is 6.69. The van der Waals surface area contributed by atoms with E-state index in [1.165, 1.54) is 4.90 Å². The summed E-state index contributed by atoms with van der Waals surface area (Å²) in [6.07, 6.45) is 2.57. The van der Waals surface area contributed by atoms with Crippen molar-refractivity contribution in [1.82, 2.24) is 4.90 Å². The first-order valence-corrected chi connectivity index (χ1v) is 9.02. The van der Waals surface area contributed by atoms with Gasteiger partial charge in [-0.25, -0.2) is 4.79 Å². The van der Waals surface area contributed by atoms with Gasteiger partial charge in [0.15, 0.2) is 0 Å². The minimum atomic E-state index is -0.622. The number of hydrogen-bond acceptors (Lipinski definition) is 6. The molecule has 0 spiro atoms. The summed E-state index contributed by atoms with van der Waals surface area (Å²) < 4.78 is 15.7. The van der Waals surface area contributed by atoms with Crippen LogP contribution in [0.2, 0.25) is 0 Å². The van der Waals surface area contributed by atoms with Crippen molar-refractivity contribution in [3.8, 4) is 0 Å². The number of unbranched alkanes of at least 4 members (excludes halogenated alkanes) is 2. The van der Waals surface area contributed by atoms with Crippen molar-refractivity contribution < 1.29 is 23.8 Å². The van der Waals surface area contributed by atoms with Gasteiger partial charge in [-0.1, -0.05) is 5.11 Å². The Bertz CT molecular complexity index is 459. The van der Waals surface area contributed by atoms with Gasteiger partial charge in [-0.05, 0) is 58.9 Å². The van der Waals surface area contributed by atoms with E-state index in [2.05, 4.69) is 10.0 Å². The van der Waals surface area contributed by atoms with Gasteiger partial charge in [-0.3, -0.25) is 9.69 Å². The zero-order valence-electron chi connectivity index (χ0n) is 16.4. The topological polar surface area (TPSA) is 114 Å². The monoisotopic (exact) mass is 372 g/mol. The maximum atomic E-state index is 12.2. The number of azide groups is 1. The van der Waals surface area contributed by atoms with E-state index in [1.54, 1.807) is 27.7 Å². The maximum Gasteiger partial charge on any atom is 0.410 e. The summed E-state index contributed by atoms with van der Waals surface area (Å²) in [6.45, 7) is 9.28. The average molecular weight is 372 g/mol. The van der Waals surface area contributed by atoms with Gasteiger partial charge in [0.1, 0.15) is 12.1 Å². The van der Waals surface area contributed by atoms with Gasteiger partial charge in [0, 0.05) is 31.2 Å². The molecule has 0 fully saturated rings. The molecule has 0 bridgehead atoms. The summed E-state index contributed by atoms with van der Waals surface area (Å²) in [4.78, 5) is 28.0. The molecule has 0 aromatic heterocycles. The number of esters is 1. The van der Waals surface area contributed by atoms with Crippen LogP contribution in [0.1, 0.15) is 53.4 Å². The number of carbonyl (C=O) groups is 2. The fourth-order valence-electron chi connectivity index (χ4n) is 1.96. The summed E-state index contributed by atoms with van der Waals surface area (Å²) in [5.41, 5.74) is 7.54. The van der Waals surface area contributed by atoms with Crippen molar-refractivity contribution in [2.45, 2.75) is 59.0 Å². The van der Waals surface area contributed by atoms with E-state index in [4.69, 9.17) is 19.7 Å². The molecule has 9 heteroatoms. The zero-order chi connectivity index (χ0) is 19.8. The van der Waals surface area contributed by atoms with Gasteiger partial charge in [0.05, 0.1) is 6.61 Å². The number of hydrogen-bond donors (Lipinski definition) is 0. The van der Waals surface area contributed by atoms with Crippen molar-refractivity contribution in [2.75, 3.05) is 39.5 Å². The Morgan fingerprint density at radius 3 is 2.35 bits per heavy atom. The Morgan fingerprint density at radius 1 is 1.12 bits per heavy atom. The van der Waals surface area contributed by atoms with Crippen molar-refractivity contribution >= 4 is 12.1 Å². The second-order valence-corrected chi connectivity index (χ2v) is 6.69. The maximum absolute atomic E-state index is 12.2. The molecule has 0 aliphatic rings. The normalized spacial score (nSPS) is 10.8. The molecule has 150 valence electrons. The highest BCUT2D eigenvalue weighted by molar-refractivity contribution is 5.78. The molecule has 0 atom stereocenters. The number of amides is 1. The lowest BCUT2D eigenvalue weighted by molar-refractivity contribution is -0.144. The van der Waals surface area contributed by atoms with E-state index in [0.717, 1.165) is 19.3 Å². The average Bonchev–Trinajstić information content (AvgIpc) is 2.54. The number of carbonyl (C=O) groups excluding carboxylic acids is 2. The Morgan fingerprint density at radius 2 is 1.77 bits per heavy atom. The number of rotatable bonds is 13. The third-order valence-corrected chi connectivity index (χ3v) is 3.10. The van der Waals surface area contributed by atoms with E-state index in [1.807, 2.05) is 0 Å². The van der Waals surface area contributed by atoms with Crippen LogP contribution >= 0.6 is 0 Å². The second kappa shape index (κ2) is 14.2. The van der Waals surface area contributed by atoms with Crippen LogP contribution in [0.25, 0.3) is 10.4 Å². The fraction of sp³-hybridized carbons (Fsp3) is 0.882. The van der Waals surface area contributed by atoms with Crippen LogP contribution in [-0.4, -0.2) is 62.0 Å². The number of nitrogens with zero attached hydrogens (tertiary/aromatic N) is 4. The highest BCUT2D eigenvalue weighted by atomic mass is 16.6. The van der Waals surface area contributed by atoms with Crippen molar-refractivity contribution in [2.24, 2.45) is 5.11 Å². The molecule has 0 radical (unpaired) electrons. The molecule has 0 aliphatic heterocycles. The molecule has 0 aromatic carbocycles. The molecule has 0 unspecified atom stereocenters. The fourth-order valence-corrected chi connectivity index (χ4v) is 1.96. The third kappa shape index (κ3) is 14.4. The van der Waals surface area contributed by atoms with E-state index < -0.39 is 17.7 Å². The summed E-state index contributed by atoms with van der Waals surface area (Å²) in [6, 6.07) is 0. The Balaban J connectivity index is 4.12. The van der Waals surface area contributed by atoms with Crippen LogP contribution in [0.4, 0.5) is 4.79 Å². The van der Waals surface area contributed by atoms with E-state index in [0.29, 0.717) is 32.7 Å². The smallest absolute Gasteiger partial charge is 0.410 e. The van der Waals surface area contributed by atoms with Gasteiger partial charge in [-0.15, -0.1) is 0 Å². The molecule has 0 N–H and O–H groups in total. The van der Waals surface area contributed by atoms with Gasteiger partial charge in [0.2, 0.25) is 0 Å². The minimum absolute atomic E-state index is 0.122. The van der Waals surface area contributed by atoms with Crippen molar-refractivity contribution in [1.29, 1.82) is 0 Å². The Hall–Kier alpha value is -1.99. The summed E-state index contributed by atoms with van der Waals surface area (Å²) in [5.74, 6) is -0.449. The first-order valence-electron chi connectivity index (χ1n) is 9.02. The summed E-state index contributed by atoms with van der Waals surface area (Å²) in [7, 11) is 0. The summed E-state index contributed by atoms with van der Waals surface area (Å²) >= 11 is 0. The molecular formula is C17H32N4O5. The molecule has 26 heavy (non-hydrogen) atoms. The van der Waals surface area contributed by atoms with Crippen LogP contribution in [-0.2, 0) is 19.0 Å². The minimum Gasteiger partial charge on any atom is -0.465 e. The zero-order valence-corrected chi connectivity index (χ0v) is 16.4. The van der Waals surface area contributed by atoms with Crippen molar-refractivity contribution in [3.05, 3.63) is 10.4 Å². The predicted molar refractivity (Wildman–Crippen MR) is 97.7 cm³/mol. The van der Waals surface area contributed by atoms with E-state index in [9.17, 15) is 9.59 Å². The van der Waals surface area contributed by atoms with Crippen LogP contribution in [0.5, 0.6) is 0 Å². The van der Waals surface area contributed by atoms with Crippen molar-refractivity contribution in [3.63, 3.8) is 0 Å². The van der Waals surface area contributed by atoms with Gasteiger partial charge in [-0.2, -0.15) is 0 Å². The molecule has 0 heterocycles. The van der Waals surface area contributed by atoms with E-state index in [-0.39, 0.29) is 13.2 Å². The Kier molecular flexibility index (Phi) is 13.1. The highest BCUT2D eigenvalue weighted by Crippen LogP contribution is 2.11. The predicted octanol–water partition coefficient (Wildman–Crippen LogP) is 3.67. The Labute approximate surface area is 155 Å². The standard InChI is InChI=1S/C17H32N4O5/c1-5-25-15(22)14-21(16(23)26-17(2,3)4)11-7-9-13-24-12-8-6-10-19-20-18/h5-14H2,1-4H3. The molecule has 0 aromatic rings. The highest BCUT2D eigenvalue weighted by Gasteiger charge is 2.24. The van der Waals surface area contributed by atoms with Gasteiger partial charge >= 0.3 is 12.1 Å². The first kappa shape index (κ1) is 24.0. The van der Waals surface area contributed by atoms with Gasteiger partial charge < -0.3 is 14.2 Å². The molecular weight excluding hydrogens is 340 g/mol. The first-order chi connectivity index (χ1) is 12.3. The summed E-state index contributed by atoms with van der Waals surface area (Å²) in [5, 5.41) is 3.45. The molecule has 0 saturated heterocycles. The largest absolute Gasteiger partial charge is 0.465 e. The van der Waals surface area contributed by atoms with Crippen LogP contribution in [0, 0.1) is 0 Å². The van der Waals surface area contributed by atoms with Crippen LogP contribution < -0.4 is 0 Å². The lowest BCUT2D eigenvalue weighted by Gasteiger charge is -2.26. The molecule has 9 nitrogen and oxygen atoms in total. The molecule has 0 rings (SSSR count). The molecule has 0 saturated carbocycles. The lowest BCUT2D eigenvalue weighted by Crippen LogP contribution is -2.41.